The predicted octanol–water partition coefficient (Wildman–Crippen LogP) is 3.01. The summed E-state index contributed by atoms with van der Waals surface area (Å²) in [5.74, 6) is 0. The molecule has 0 unspecified atom stereocenters. The summed E-state index contributed by atoms with van der Waals surface area (Å²) in [7, 11) is -3.44. The molecule has 0 saturated carbocycles. The van der Waals surface area contributed by atoms with E-state index in [1.807, 2.05) is 0 Å². The molecule has 2 aliphatic rings. The molecule has 0 atom stereocenters. The molecule has 0 aliphatic carbocycles. The van der Waals surface area contributed by atoms with Crippen molar-refractivity contribution < 1.29 is 8.42 Å². The van der Waals surface area contributed by atoms with Crippen molar-refractivity contribution in [3.8, 4) is 0 Å². The summed E-state index contributed by atoms with van der Waals surface area (Å²) in [6, 6.07) is 0. The zero-order chi connectivity index (χ0) is 14.6. The van der Waals surface area contributed by atoms with Gasteiger partial charge in [0.25, 0.3) is 0 Å². The lowest BCUT2D eigenvalue weighted by molar-refractivity contribution is 0.349. The molecule has 110 valence electrons. The van der Waals surface area contributed by atoms with Gasteiger partial charge in [0.2, 0.25) is 10.0 Å². The van der Waals surface area contributed by atoms with Crippen LogP contribution in [0.4, 0.5) is 0 Å². The number of nitrogens with zero attached hydrogens (tertiary/aromatic N) is 2. The van der Waals surface area contributed by atoms with Gasteiger partial charge in [-0.15, -0.1) is 0 Å². The number of rotatable bonds is 4. The first-order valence-electron chi connectivity index (χ1n) is 7.16. The monoisotopic (exact) mass is 294 g/mol. The van der Waals surface area contributed by atoms with E-state index in [0.717, 1.165) is 37.7 Å². The van der Waals surface area contributed by atoms with E-state index in [1.165, 1.54) is 0 Å². The first-order valence-corrected chi connectivity index (χ1v) is 8.60. The van der Waals surface area contributed by atoms with Crippen LogP contribution >= 0.6 is 0 Å². The Morgan fingerprint density at radius 2 is 2.05 bits per heavy atom. The number of hydrogen-bond acceptors (Lipinski definition) is 3. The topological polar surface area (TPSA) is 49.7 Å². The van der Waals surface area contributed by atoms with E-state index in [9.17, 15) is 8.42 Å². The maximum Gasteiger partial charge on any atom is 0.244 e. The fraction of sp³-hybridized carbons (Fsp3) is 0.533. The minimum atomic E-state index is -3.44. The van der Waals surface area contributed by atoms with E-state index in [-0.39, 0.29) is 0 Å². The van der Waals surface area contributed by atoms with Crippen LogP contribution in [0.15, 0.2) is 39.9 Å². The second-order valence-electron chi connectivity index (χ2n) is 5.05. The van der Waals surface area contributed by atoms with E-state index < -0.39 is 10.0 Å². The van der Waals surface area contributed by atoms with Crippen molar-refractivity contribution in [3.63, 3.8) is 0 Å². The molecule has 0 aromatic carbocycles. The second kappa shape index (κ2) is 6.50. The molecule has 1 saturated heterocycles. The number of piperidine rings is 1. The smallest absolute Gasteiger partial charge is 0.244 e. The van der Waals surface area contributed by atoms with Gasteiger partial charge in [0.1, 0.15) is 4.91 Å². The highest BCUT2D eigenvalue weighted by Gasteiger charge is 2.30. The number of allylic oxidation sites excluding steroid dienone is 3. The number of sulfonamides is 1. The average molecular weight is 294 g/mol. The maximum atomic E-state index is 12.8. The van der Waals surface area contributed by atoms with Gasteiger partial charge in [0, 0.05) is 19.3 Å². The van der Waals surface area contributed by atoms with Gasteiger partial charge in [-0.05, 0) is 38.2 Å². The molecule has 0 radical (unpaired) electrons. The van der Waals surface area contributed by atoms with Crippen LogP contribution in [0.1, 0.15) is 39.0 Å². The van der Waals surface area contributed by atoms with Crippen molar-refractivity contribution in [2.24, 2.45) is 4.99 Å². The molecule has 5 heteroatoms. The zero-order valence-corrected chi connectivity index (χ0v) is 12.8. The molecule has 4 nitrogen and oxygen atoms in total. The third-order valence-corrected chi connectivity index (χ3v) is 5.77. The summed E-state index contributed by atoms with van der Waals surface area (Å²) >= 11 is 0. The molecule has 1 fully saturated rings. The molecular formula is C15H22N2O2S. The second-order valence-corrected chi connectivity index (χ2v) is 6.95. The predicted molar refractivity (Wildman–Crippen MR) is 83.0 cm³/mol. The molecule has 0 spiro atoms. The van der Waals surface area contributed by atoms with E-state index in [1.54, 1.807) is 29.6 Å². The maximum absolute atomic E-state index is 12.8. The SMILES string of the molecule is C=CC1=C(/C(=C\C)S(=O)(=O)N2CCCCC2)N=CCC1. The highest BCUT2D eigenvalue weighted by molar-refractivity contribution is 7.93. The summed E-state index contributed by atoms with van der Waals surface area (Å²) in [5.41, 5.74) is 1.49. The van der Waals surface area contributed by atoms with E-state index >= 15 is 0 Å². The van der Waals surface area contributed by atoms with E-state index in [0.29, 0.717) is 23.7 Å². The molecule has 0 bridgehead atoms. The lowest BCUT2D eigenvalue weighted by atomic mass is 10.1. The van der Waals surface area contributed by atoms with Crippen LogP contribution in [-0.4, -0.2) is 32.0 Å². The van der Waals surface area contributed by atoms with Gasteiger partial charge in [-0.1, -0.05) is 25.2 Å². The molecule has 0 amide bonds. The molecular weight excluding hydrogens is 272 g/mol. The Kier molecular flexibility index (Phi) is 4.94. The summed E-state index contributed by atoms with van der Waals surface area (Å²) < 4.78 is 27.2. The van der Waals surface area contributed by atoms with Crippen LogP contribution in [0.25, 0.3) is 0 Å². The quantitative estimate of drug-likeness (QED) is 0.800. The Balaban J connectivity index is 2.39. The van der Waals surface area contributed by atoms with Crippen molar-refractivity contribution in [2.75, 3.05) is 13.1 Å². The summed E-state index contributed by atoms with van der Waals surface area (Å²) in [4.78, 5) is 4.65. The van der Waals surface area contributed by atoms with Gasteiger partial charge in [-0.2, -0.15) is 4.31 Å². The van der Waals surface area contributed by atoms with E-state index in [4.69, 9.17) is 0 Å². The highest BCUT2D eigenvalue weighted by Crippen LogP contribution is 2.30. The molecule has 0 N–H and O–H groups in total. The van der Waals surface area contributed by atoms with Crippen molar-refractivity contribution in [1.29, 1.82) is 0 Å². The van der Waals surface area contributed by atoms with Gasteiger partial charge >= 0.3 is 0 Å². The normalized spacial score (nSPS) is 22.1. The summed E-state index contributed by atoms with van der Waals surface area (Å²) in [6.45, 7) is 6.76. The first-order chi connectivity index (χ1) is 9.61. The minimum absolute atomic E-state index is 0.324. The highest BCUT2D eigenvalue weighted by atomic mass is 32.2. The molecule has 20 heavy (non-hydrogen) atoms. The van der Waals surface area contributed by atoms with Gasteiger partial charge < -0.3 is 0 Å². The third kappa shape index (κ3) is 2.94. The lowest BCUT2D eigenvalue weighted by Crippen LogP contribution is -2.36. The molecule has 0 aromatic heterocycles. The standard InChI is InChI=1S/C15H22N2O2S/c1-3-13-9-8-10-16-15(13)14(4-2)20(18,19)17-11-6-5-7-12-17/h3-4,10H,1,5-9,11-12H2,2H3/b14-4+. The van der Waals surface area contributed by atoms with Crippen LogP contribution in [0.5, 0.6) is 0 Å². The Morgan fingerprint density at radius 3 is 2.65 bits per heavy atom. The number of hydrogen-bond donors (Lipinski definition) is 0. The van der Waals surface area contributed by atoms with Gasteiger partial charge in [-0.3, -0.25) is 4.99 Å². The van der Waals surface area contributed by atoms with Gasteiger partial charge in [0.15, 0.2) is 0 Å². The van der Waals surface area contributed by atoms with Crippen LogP contribution in [0.2, 0.25) is 0 Å². The van der Waals surface area contributed by atoms with Crippen molar-refractivity contribution >= 4 is 16.2 Å². The van der Waals surface area contributed by atoms with Crippen molar-refractivity contribution in [2.45, 2.75) is 39.0 Å². The third-order valence-electron chi connectivity index (χ3n) is 3.74. The van der Waals surface area contributed by atoms with E-state index in [2.05, 4.69) is 11.6 Å². The van der Waals surface area contributed by atoms with Crippen LogP contribution in [0.3, 0.4) is 0 Å². The van der Waals surface area contributed by atoms with Crippen molar-refractivity contribution in [1.82, 2.24) is 4.31 Å². The van der Waals surface area contributed by atoms with Crippen LogP contribution in [-0.2, 0) is 10.0 Å². The van der Waals surface area contributed by atoms with Crippen LogP contribution < -0.4 is 0 Å². The van der Waals surface area contributed by atoms with Gasteiger partial charge in [0.05, 0.1) is 5.70 Å². The molecule has 2 aliphatic heterocycles. The average Bonchev–Trinajstić information content (AvgIpc) is 2.49. The van der Waals surface area contributed by atoms with Crippen molar-refractivity contribution in [3.05, 3.63) is 34.9 Å². The summed E-state index contributed by atoms with van der Waals surface area (Å²) in [5, 5.41) is 0. The Labute approximate surface area is 121 Å². The zero-order valence-electron chi connectivity index (χ0n) is 12.0. The fourth-order valence-electron chi connectivity index (χ4n) is 2.65. The Hall–Kier alpha value is -1.20. The van der Waals surface area contributed by atoms with Gasteiger partial charge in [-0.25, -0.2) is 8.42 Å². The fourth-order valence-corrected chi connectivity index (χ4v) is 4.39. The lowest BCUT2D eigenvalue weighted by Gasteiger charge is -2.28. The van der Waals surface area contributed by atoms with Crippen LogP contribution in [0, 0.1) is 0 Å². The molecule has 2 heterocycles. The minimum Gasteiger partial charge on any atom is -0.260 e. The summed E-state index contributed by atoms with van der Waals surface area (Å²) in [6.07, 6.45) is 9.79. The molecule has 2 rings (SSSR count). The largest absolute Gasteiger partial charge is 0.260 e. The first kappa shape index (κ1) is 15.2. The Morgan fingerprint density at radius 1 is 1.35 bits per heavy atom. The Bertz CT molecular complexity index is 565. The molecule has 0 aromatic rings. The number of aliphatic imine (C=N–C) groups is 1.